The van der Waals surface area contributed by atoms with Gasteiger partial charge in [0.25, 0.3) is 0 Å². The largest absolute Gasteiger partial charge is 0.506 e. The van der Waals surface area contributed by atoms with Gasteiger partial charge in [0.2, 0.25) is 0 Å². The summed E-state index contributed by atoms with van der Waals surface area (Å²) in [5.41, 5.74) is 1.42. The average molecular weight is 279 g/mol. The van der Waals surface area contributed by atoms with Crippen molar-refractivity contribution in [2.24, 2.45) is 0 Å². The van der Waals surface area contributed by atoms with Gasteiger partial charge < -0.3 is 9.84 Å². The van der Waals surface area contributed by atoms with E-state index in [0.29, 0.717) is 5.69 Å². The fraction of sp³-hybridized carbons (Fsp3) is 0.0556. The Kier molecular flexibility index (Phi) is 4.57. The van der Waals surface area contributed by atoms with E-state index in [1.807, 2.05) is 54.6 Å². The molecule has 0 radical (unpaired) electrons. The van der Waals surface area contributed by atoms with E-state index in [0.717, 1.165) is 17.1 Å². The minimum absolute atomic E-state index is 0. The van der Waals surface area contributed by atoms with Gasteiger partial charge in [-0.15, -0.1) is 0 Å². The standard InChI is InChI=1S/C17H13NO2.CH4/c19-16-7-4-12-18-17(16)13-8-10-15(11-9-13)20-14-5-2-1-3-6-14;/h1-12,19H;1H4. The van der Waals surface area contributed by atoms with Gasteiger partial charge in [-0.2, -0.15) is 0 Å². The molecule has 1 heterocycles. The van der Waals surface area contributed by atoms with Crippen molar-refractivity contribution in [1.82, 2.24) is 4.98 Å². The summed E-state index contributed by atoms with van der Waals surface area (Å²) in [5.74, 6) is 1.71. The number of ether oxygens (including phenoxy) is 1. The van der Waals surface area contributed by atoms with Crippen LogP contribution in [0.1, 0.15) is 7.43 Å². The van der Waals surface area contributed by atoms with Gasteiger partial charge >= 0.3 is 0 Å². The lowest BCUT2D eigenvalue weighted by Crippen LogP contribution is -1.86. The normalized spacial score (nSPS) is 9.71. The molecule has 0 unspecified atom stereocenters. The van der Waals surface area contributed by atoms with Crippen LogP contribution in [-0.4, -0.2) is 10.1 Å². The molecule has 0 bridgehead atoms. The summed E-state index contributed by atoms with van der Waals surface area (Å²) < 4.78 is 5.72. The van der Waals surface area contributed by atoms with Gasteiger partial charge in [-0.05, 0) is 48.5 Å². The Bertz CT molecular complexity index is 694. The molecule has 0 aliphatic heterocycles. The first-order valence-corrected chi connectivity index (χ1v) is 6.30. The van der Waals surface area contributed by atoms with E-state index < -0.39 is 0 Å². The Hall–Kier alpha value is -2.81. The fourth-order valence-electron chi connectivity index (χ4n) is 1.92. The zero-order valence-electron chi connectivity index (χ0n) is 10.7. The van der Waals surface area contributed by atoms with Crippen LogP contribution >= 0.6 is 0 Å². The van der Waals surface area contributed by atoms with Crippen molar-refractivity contribution in [1.29, 1.82) is 0 Å². The fourth-order valence-corrected chi connectivity index (χ4v) is 1.92. The van der Waals surface area contributed by atoms with E-state index in [4.69, 9.17) is 4.74 Å². The maximum Gasteiger partial charge on any atom is 0.141 e. The quantitative estimate of drug-likeness (QED) is 0.742. The summed E-state index contributed by atoms with van der Waals surface area (Å²) in [7, 11) is 0. The first-order chi connectivity index (χ1) is 9.83. The van der Waals surface area contributed by atoms with E-state index >= 15 is 0 Å². The van der Waals surface area contributed by atoms with Gasteiger partial charge in [0.1, 0.15) is 22.9 Å². The van der Waals surface area contributed by atoms with Crippen LogP contribution < -0.4 is 4.74 Å². The second kappa shape index (κ2) is 6.57. The van der Waals surface area contributed by atoms with Gasteiger partial charge in [-0.25, -0.2) is 0 Å². The van der Waals surface area contributed by atoms with Gasteiger partial charge in [0.05, 0.1) is 0 Å². The van der Waals surface area contributed by atoms with Crippen molar-refractivity contribution in [2.75, 3.05) is 0 Å². The lowest BCUT2D eigenvalue weighted by Gasteiger charge is -2.07. The molecule has 106 valence electrons. The van der Waals surface area contributed by atoms with Crippen molar-refractivity contribution in [3.05, 3.63) is 72.9 Å². The van der Waals surface area contributed by atoms with E-state index in [2.05, 4.69) is 4.98 Å². The number of para-hydroxylation sites is 1. The number of aromatic nitrogens is 1. The number of hydrogen-bond acceptors (Lipinski definition) is 3. The predicted octanol–water partition coefficient (Wildman–Crippen LogP) is 4.88. The number of nitrogens with zero attached hydrogens (tertiary/aromatic N) is 1. The molecule has 0 fully saturated rings. The topological polar surface area (TPSA) is 42.4 Å². The number of pyridine rings is 1. The highest BCUT2D eigenvalue weighted by atomic mass is 16.5. The first kappa shape index (κ1) is 14.6. The number of benzene rings is 2. The highest BCUT2D eigenvalue weighted by molar-refractivity contribution is 5.66. The van der Waals surface area contributed by atoms with Crippen LogP contribution in [0.4, 0.5) is 0 Å². The Labute approximate surface area is 124 Å². The van der Waals surface area contributed by atoms with E-state index in [-0.39, 0.29) is 13.2 Å². The summed E-state index contributed by atoms with van der Waals surface area (Å²) >= 11 is 0. The smallest absolute Gasteiger partial charge is 0.141 e. The molecule has 1 N–H and O–H groups in total. The molecule has 0 saturated carbocycles. The Morgan fingerprint density at radius 1 is 0.762 bits per heavy atom. The van der Waals surface area contributed by atoms with Crippen LogP contribution in [0.2, 0.25) is 0 Å². The average Bonchev–Trinajstić information content (AvgIpc) is 2.50. The van der Waals surface area contributed by atoms with Crippen molar-refractivity contribution in [2.45, 2.75) is 7.43 Å². The van der Waals surface area contributed by atoms with Gasteiger partial charge in [-0.3, -0.25) is 4.98 Å². The molecule has 0 atom stereocenters. The molecular weight excluding hydrogens is 262 g/mol. The number of aromatic hydroxyl groups is 1. The molecule has 0 saturated heterocycles. The third-order valence-corrected chi connectivity index (χ3v) is 2.89. The zero-order chi connectivity index (χ0) is 13.8. The monoisotopic (exact) mass is 279 g/mol. The summed E-state index contributed by atoms with van der Waals surface area (Å²) in [5, 5.41) is 9.77. The molecule has 3 nitrogen and oxygen atoms in total. The third kappa shape index (κ3) is 3.39. The number of hydrogen-bond donors (Lipinski definition) is 1. The van der Waals surface area contributed by atoms with Gasteiger partial charge in [0.15, 0.2) is 0 Å². The zero-order valence-corrected chi connectivity index (χ0v) is 10.7. The Balaban J connectivity index is 0.00000161. The molecule has 3 heteroatoms. The Morgan fingerprint density at radius 3 is 2.10 bits per heavy atom. The van der Waals surface area contributed by atoms with Crippen molar-refractivity contribution < 1.29 is 9.84 Å². The summed E-state index contributed by atoms with van der Waals surface area (Å²) in [6, 6.07) is 20.4. The molecule has 0 amide bonds. The molecule has 21 heavy (non-hydrogen) atoms. The molecule has 3 rings (SSSR count). The SMILES string of the molecule is C.Oc1cccnc1-c1ccc(Oc2ccccc2)cc1. The van der Waals surface area contributed by atoms with E-state index in [9.17, 15) is 5.11 Å². The maximum absolute atomic E-state index is 9.77. The number of rotatable bonds is 3. The van der Waals surface area contributed by atoms with Crippen molar-refractivity contribution in [3.63, 3.8) is 0 Å². The van der Waals surface area contributed by atoms with Gasteiger partial charge in [-0.1, -0.05) is 25.6 Å². The van der Waals surface area contributed by atoms with E-state index in [1.165, 1.54) is 0 Å². The third-order valence-electron chi connectivity index (χ3n) is 2.89. The van der Waals surface area contributed by atoms with Crippen LogP contribution in [0.3, 0.4) is 0 Å². The van der Waals surface area contributed by atoms with Crippen molar-refractivity contribution >= 4 is 0 Å². The van der Waals surface area contributed by atoms with E-state index in [1.54, 1.807) is 18.3 Å². The highest BCUT2D eigenvalue weighted by Crippen LogP contribution is 2.29. The second-order valence-corrected chi connectivity index (χ2v) is 4.31. The molecule has 0 aliphatic rings. The summed E-state index contributed by atoms with van der Waals surface area (Å²) in [6.45, 7) is 0. The molecule has 0 aliphatic carbocycles. The lowest BCUT2D eigenvalue weighted by molar-refractivity contribution is 0.474. The lowest BCUT2D eigenvalue weighted by atomic mass is 10.1. The predicted molar refractivity (Wildman–Crippen MR) is 84.6 cm³/mol. The van der Waals surface area contributed by atoms with Crippen LogP contribution in [-0.2, 0) is 0 Å². The van der Waals surface area contributed by atoms with Crippen molar-refractivity contribution in [3.8, 4) is 28.5 Å². The van der Waals surface area contributed by atoms with Gasteiger partial charge in [0, 0.05) is 11.8 Å². The molecule has 3 aromatic rings. The highest BCUT2D eigenvalue weighted by Gasteiger charge is 2.05. The minimum Gasteiger partial charge on any atom is -0.506 e. The molecular formula is C18H17NO2. The summed E-state index contributed by atoms with van der Waals surface area (Å²) in [4.78, 5) is 4.17. The molecule has 1 aromatic heterocycles. The maximum atomic E-state index is 9.77. The summed E-state index contributed by atoms with van der Waals surface area (Å²) in [6.07, 6.45) is 1.66. The van der Waals surface area contributed by atoms with Crippen LogP contribution in [0, 0.1) is 0 Å². The van der Waals surface area contributed by atoms with Crippen LogP contribution in [0.15, 0.2) is 72.9 Å². The molecule has 0 spiro atoms. The Morgan fingerprint density at radius 2 is 1.43 bits per heavy atom. The first-order valence-electron chi connectivity index (χ1n) is 6.30. The second-order valence-electron chi connectivity index (χ2n) is 4.31. The van der Waals surface area contributed by atoms with Crippen LogP contribution in [0.25, 0.3) is 11.3 Å². The van der Waals surface area contributed by atoms with Crippen LogP contribution in [0.5, 0.6) is 17.2 Å². The molecule has 2 aromatic carbocycles. The minimum atomic E-state index is 0.